The van der Waals surface area contributed by atoms with Gasteiger partial charge in [0.1, 0.15) is 18.2 Å². The average Bonchev–Trinajstić information content (AvgIpc) is 2.94. The van der Waals surface area contributed by atoms with Gasteiger partial charge in [-0.05, 0) is 56.2 Å². The molecule has 2 aromatic carbocycles. The monoisotopic (exact) mass is 402 g/mol. The molecule has 28 heavy (non-hydrogen) atoms. The zero-order chi connectivity index (χ0) is 20.4. The molecule has 0 aliphatic rings. The number of hydrogen-bond donors (Lipinski definition) is 1. The average molecular weight is 403 g/mol. The van der Waals surface area contributed by atoms with E-state index in [0.717, 1.165) is 23.5 Å². The van der Waals surface area contributed by atoms with Crippen molar-refractivity contribution in [3.8, 4) is 11.4 Å². The predicted octanol–water partition coefficient (Wildman–Crippen LogP) is 4.73. The number of hydrogen-bond acceptors (Lipinski definition) is 4. The van der Waals surface area contributed by atoms with E-state index >= 15 is 0 Å². The molecule has 0 atom stereocenters. The highest BCUT2D eigenvalue weighted by molar-refractivity contribution is 6.32. The molecule has 2 N–H and O–H groups in total. The Labute approximate surface area is 169 Å². The number of rotatable bonds is 6. The van der Waals surface area contributed by atoms with Gasteiger partial charge in [-0.2, -0.15) is 5.10 Å². The maximum absolute atomic E-state index is 14.2. The highest BCUT2D eigenvalue weighted by Crippen LogP contribution is 2.30. The van der Waals surface area contributed by atoms with E-state index in [0.29, 0.717) is 22.0 Å². The van der Waals surface area contributed by atoms with Crippen LogP contribution in [0.1, 0.15) is 29.4 Å². The first kappa shape index (κ1) is 20.2. The lowest BCUT2D eigenvalue weighted by molar-refractivity contribution is 0.300. The summed E-state index contributed by atoms with van der Waals surface area (Å²) in [5.74, 6) is 5.87. The second kappa shape index (κ2) is 8.20. The van der Waals surface area contributed by atoms with Crippen LogP contribution in [0.15, 0.2) is 36.4 Å². The van der Waals surface area contributed by atoms with Gasteiger partial charge >= 0.3 is 0 Å². The summed E-state index contributed by atoms with van der Waals surface area (Å²) < 4.78 is 21.9. The Kier molecular flexibility index (Phi) is 5.91. The van der Waals surface area contributed by atoms with Crippen LogP contribution in [0, 0.1) is 19.7 Å². The number of aryl methyl sites for hydroxylation is 1. The Morgan fingerprint density at radius 2 is 1.96 bits per heavy atom. The maximum atomic E-state index is 14.2. The number of ether oxygens (including phenoxy) is 1. The Balaban J connectivity index is 1.85. The SMILES string of the molecule is CCc1c(C)nn(-c2ccc(OCc3c(F)cccc3N(C)N)c(Cl)c2)c1C. The van der Waals surface area contributed by atoms with Crippen molar-refractivity contribution in [1.82, 2.24) is 9.78 Å². The van der Waals surface area contributed by atoms with Crippen molar-refractivity contribution < 1.29 is 9.13 Å². The molecule has 1 aromatic heterocycles. The molecule has 1 heterocycles. The first-order valence-corrected chi connectivity index (χ1v) is 9.44. The van der Waals surface area contributed by atoms with Crippen molar-refractivity contribution in [2.75, 3.05) is 12.1 Å². The van der Waals surface area contributed by atoms with Crippen LogP contribution < -0.4 is 15.6 Å². The summed E-state index contributed by atoms with van der Waals surface area (Å²) in [4.78, 5) is 0. The van der Waals surface area contributed by atoms with Gasteiger partial charge in [0.15, 0.2) is 0 Å². The molecule has 0 unspecified atom stereocenters. The highest BCUT2D eigenvalue weighted by Gasteiger charge is 2.15. The molecule has 0 aliphatic heterocycles. The number of anilines is 1. The molecule has 0 radical (unpaired) electrons. The van der Waals surface area contributed by atoms with Crippen molar-refractivity contribution in [2.24, 2.45) is 5.84 Å². The van der Waals surface area contributed by atoms with E-state index in [2.05, 4.69) is 12.0 Å². The topological polar surface area (TPSA) is 56.3 Å². The molecule has 0 fully saturated rings. The third-order valence-electron chi connectivity index (χ3n) is 4.80. The van der Waals surface area contributed by atoms with Crippen LogP contribution in [0.4, 0.5) is 10.1 Å². The number of halogens is 2. The van der Waals surface area contributed by atoms with E-state index in [1.54, 1.807) is 31.3 Å². The first-order valence-electron chi connectivity index (χ1n) is 9.07. The molecule has 0 saturated heterocycles. The quantitative estimate of drug-likeness (QED) is 0.478. The van der Waals surface area contributed by atoms with Gasteiger partial charge in [-0.3, -0.25) is 0 Å². The van der Waals surface area contributed by atoms with Gasteiger partial charge in [-0.15, -0.1) is 0 Å². The van der Waals surface area contributed by atoms with Crippen LogP contribution in [-0.2, 0) is 13.0 Å². The van der Waals surface area contributed by atoms with Gasteiger partial charge < -0.3 is 9.75 Å². The lowest BCUT2D eigenvalue weighted by atomic mass is 10.1. The predicted molar refractivity (Wildman–Crippen MR) is 111 cm³/mol. The molecule has 148 valence electrons. The maximum Gasteiger partial charge on any atom is 0.138 e. The van der Waals surface area contributed by atoms with E-state index in [-0.39, 0.29) is 12.4 Å². The van der Waals surface area contributed by atoms with Gasteiger partial charge in [0.25, 0.3) is 0 Å². The second-order valence-corrected chi connectivity index (χ2v) is 7.07. The van der Waals surface area contributed by atoms with E-state index in [1.165, 1.54) is 16.6 Å². The van der Waals surface area contributed by atoms with E-state index in [4.69, 9.17) is 22.2 Å². The van der Waals surface area contributed by atoms with Crippen molar-refractivity contribution in [1.29, 1.82) is 0 Å². The summed E-state index contributed by atoms with van der Waals surface area (Å²) in [6, 6.07) is 10.2. The fraction of sp³-hybridized carbons (Fsp3) is 0.286. The Morgan fingerprint density at radius 3 is 2.57 bits per heavy atom. The minimum atomic E-state index is -0.378. The Hall–Kier alpha value is -2.57. The molecule has 0 saturated carbocycles. The van der Waals surface area contributed by atoms with Gasteiger partial charge in [-0.25, -0.2) is 14.9 Å². The molecule has 0 bridgehead atoms. The third kappa shape index (κ3) is 3.84. The molecule has 3 rings (SSSR count). The van der Waals surface area contributed by atoms with Crippen molar-refractivity contribution in [3.05, 3.63) is 69.8 Å². The molecule has 0 aliphatic carbocycles. The number of benzene rings is 2. The van der Waals surface area contributed by atoms with Crippen LogP contribution in [0.2, 0.25) is 5.02 Å². The minimum absolute atomic E-state index is 0.0164. The van der Waals surface area contributed by atoms with Gasteiger partial charge in [0.2, 0.25) is 0 Å². The fourth-order valence-electron chi connectivity index (χ4n) is 3.35. The van der Waals surface area contributed by atoms with Crippen LogP contribution in [0.5, 0.6) is 5.75 Å². The summed E-state index contributed by atoms with van der Waals surface area (Å²) in [5.41, 5.74) is 5.11. The summed E-state index contributed by atoms with van der Waals surface area (Å²) in [6.07, 6.45) is 0.924. The van der Waals surface area contributed by atoms with E-state index in [1.807, 2.05) is 24.6 Å². The zero-order valence-corrected chi connectivity index (χ0v) is 17.2. The fourth-order valence-corrected chi connectivity index (χ4v) is 3.58. The lowest BCUT2D eigenvalue weighted by Crippen LogP contribution is -2.26. The summed E-state index contributed by atoms with van der Waals surface area (Å²) >= 11 is 6.43. The number of hydrazine groups is 1. The summed E-state index contributed by atoms with van der Waals surface area (Å²) in [5, 5.41) is 6.40. The molecular formula is C21H24ClFN4O. The first-order chi connectivity index (χ1) is 13.3. The summed E-state index contributed by atoms with van der Waals surface area (Å²) in [6.45, 7) is 6.17. The lowest BCUT2D eigenvalue weighted by Gasteiger charge is -2.18. The van der Waals surface area contributed by atoms with Crippen molar-refractivity contribution in [2.45, 2.75) is 33.8 Å². The smallest absolute Gasteiger partial charge is 0.138 e. The Morgan fingerprint density at radius 1 is 1.21 bits per heavy atom. The molecule has 0 amide bonds. The molecular weight excluding hydrogens is 379 g/mol. The van der Waals surface area contributed by atoms with Crippen LogP contribution in [-0.4, -0.2) is 16.8 Å². The van der Waals surface area contributed by atoms with Crippen LogP contribution in [0.3, 0.4) is 0 Å². The largest absolute Gasteiger partial charge is 0.487 e. The number of aromatic nitrogens is 2. The van der Waals surface area contributed by atoms with Gasteiger partial charge in [0, 0.05) is 18.3 Å². The number of nitrogens with two attached hydrogens (primary N) is 1. The molecule has 3 aromatic rings. The third-order valence-corrected chi connectivity index (χ3v) is 5.10. The van der Waals surface area contributed by atoms with Gasteiger partial charge in [0.05, 0.1) is 22.1 Å². The highest BCUT2D eigenvalue weighted by atomic mass is 35.5. The van der Waals surface area contributed by atoms with Gasteiger partial charge in [-0.1, -0.05) is 24.6 Å². The minimum Gasteiger partial charge on any atom is -0.487 e. The van der Waals surface area contributed by atoms with Crippen molar-refractivity contribution >= 4 is 17.3 Å². The van der Waals surface area contributed by atoms with E-state index in [9.17, 15) is 4.39 Å². The standard InChI is InChI=1S/C21H24ClFN4O/c1-5-16-13(2)25-27(14(16)3)15-9-10-21(18(22)11-15)28-12-17-19(23)7-6-8-20(17)26(4)24/h6-11H,5,12,24H2,1-4H3. The summed E-state index contributed by atoms with van der Waals surface area (Å²) in [7, 11) is 1.65. The molecule has 0 spiro atoms. The second-order valence-electron chi connectivity index (χ2n) is 6.67. The number of nitrogens with zero attached hydrogens (tertiary/aromatic N) is 3. The Bertz CT molecular complexity index is 1000. The van der Waals surface area contributed by atoms with Crippen LogP contribution >= 0.6 is 11.6 Å². The van der Waals surface area contributed by atoms with E-state index < -0.39 is 0 Å². The van der Waals surface area contributed by atoms with Crippen molar-refractivity contribution in [3.63, 3.8) is 0 Å². The van der Waals surface area contributed by atoms with Crippen LogP contribution in [0.25, 0.3) is 5.69 Å². The molecule has 7 heteroatoms. The molecule has 5 nitrogen and oxygen atoms in total. The normalized spacial score (nSPS) is 11.0. The zero-order valence-electron chi connectivity index (χ0n) is 16.5.